The number of carbonyl (C=O) groups excluding carboxylic acids is 1. The Morgan fingerprint density at radius 2 is 2.00 bits per heavy atom. The predicted molar refractivity (Wildman–Crippen MR) is 96.8 cm³/mol. The molecule has 0 aliphatic carbocycles. The molecular formula is C20H18N4O2. The van der Waals surface area contributed by atoms with Gasteiger partial charge in [-0.15, -0.1) is 0 Å². The number of para-hydroxylation sites is 1. The van der Waals surface area contributed by atoms with E-state index < -0.39 is 0 Å². The van der Waals surface area contributed by atoms with Gasteiger partial charge in [-0.1, -0.05) is 18.2 Å². The fourth-order valence-corrected chi connectivity index (χ4v) is 3.33. The average Bonchev–Trinajstić information content (AvgIpc) is 3.27. The van der Waals surface area contributed by atoms with E-state index in [1.807, 2.05) is 31.3 Å². The Kier molecular flexibility index (Phi) is 4.05. The highest BCUT2D eigenvalue weighted by Crippen LogP contribution is 2.23. The first kappa shape index (κ1) is 16.2. The summed E-state index contributed by atoms with van der Waals surface area (Å²) in [5, 5.41) is 14.1. The summed E-state index contributed by atoms with van der Waals surface area (Å²) < 4.78 is 7.69. The average molecular weight is 346 g/mol. The van der Waals surface area contributed by atoms with Crippen LogP contribution in [0, 0.1) is 11.3 Å². The monoisotopic (exact) mass is 346 g/mol. The quantitative estimate of drug-likeness (QED) is 0.731. The number of amides is 1. The zero-order valence-electron chi connectivity index (χ0n) is 14.4. The molecule has 130 valence electrons. The van der Waals surface area contributed by atoms with Gasteiger partial charge in [0.15, 0.2) is 5.69 Å². The summed E-state index contributed by atoms with van der Waals surface area (Å²) in [6, 6.07) is 16.9. The maximum atomic E-state index is 12.9. The van der Waals surface area contributed by atoms with E-state index in [4.69, 9.17) is 10.00 Å². The van der Waals surface area contributed by atoms with Crippen LogP contribution in [-0.2, 0) is 7.05 Å². The van der Waals surface area contributed by atoms with Gasteiger partial charge >= 0.3 is 0 Å². The van der Waals surface area contributed by atoms with Gasteiger partial charge in [-0.25, -0.2) is 0 Å². The van der Waals surface area contributed by atoms with Gasteiger partial charge in [0, 0.05) is 25.4 Å². The molecule has 6 nitrogen and oxygen atoms in total. The fraction of sp³-hybridized carbons (Fsp3) is 0.250. The lowest BCUT2D eigenvalue weighted by Gasteiger charge is -2.16. The Morgan fingerprint density at radius 1 is 1.23 bits per heavy atom. The molecule has 0 radical (unpaired) electrons. The second-order valence-electron chi connectivity index (χ2n) is 6.41. The third kappa shape index (κ3) is 2.88. The Bertz CT molecular complexity index is 1000. The molecule has 2 aromatic carbocycles. The second kappa shape index (κ2) is 6.52. The number of nitrogens with zero attached hydrogens (tertiary/aromatic N) is 4. The molecule has 1 aromatic heterocycles. The van der Waals surface area contributed by atoms with E-state index in [1.165, 1.54) is 0 Å². The van der Waals surface area contributed by atoms with Crippen LogP contribution in [0.3, 0.4) is 0 Å². The van der Waals surface area contributed by atoms with Gasteiger partial charge in [0.25, 0.3) is 5.91 Å². The van der Waals surface area contributed by atoms with Crippen LogP contribution in [-0.4, -0.2) is 39.8 Å². The zero-order chi connectivity index (χ0) is 18.1. The van der Waals surface area contributed by atoms with Crippen LogP contribution in [0.25, 0.3) is 10.9 Å². The fourth-order valence-electron chi connectivity index (χ4n) is 3.33. The number of benzene rings is 2. The normalized spacial score (nSPS) is 16.6. The van der Waals surface area contributed by atoms with Crippen molar-refractivity contribution in [1.82, 2.24) is 14.7 Å². The van der Waals surface area contributed by atoms with Gasteiger partial charge in [-0.05, 0) is 30.3 Å². The first-order chi connectivity index (χ1) is 12.7. The second-order valence-corrected chi connectivity index (χ2v) is 6.41. The van der Waals surface area contributed by atoms with Crippen LogP contribution in [0.1, 0.15) is 22.5 Å². The molecule has 26 heavy (non-hydrogen) atoms. The van der Waals surface area contributed by atoms with E-state index in [2.05, 4.69) is 11.2 Å². The Balaban J connectivity index is 1.47. The van der Waals surface area contributed by atoms with Crippen LogP contribution < -0.4 is 4.74 Å². The summed E-state index contributed by atoms with van der Waals surface area (Å²) in [5.74, 6) is 0.652. The highest BCUT2D eigenvalue weighted by Gasteiger charge is 2.30. The first-order valence-electron chi connectivity index (χ1n) is 8.53. The van der Waals surface area contributed by atoms with E-state index in [0.29, 0.717) is 30.1 Å². The van der Waals surface area contributed by atoms with Crippen LogP contribution >= 0.6 is 0 Å². The van der Waals surface area contributed by atoms with E-state index in [0.717, 1.165) is 17.3 Å². The molecule has 3 aromatic rings. The first-order valence-corrected chi connectivity index (χ1v) is 8.53. The van der Waals surface area contributed by atoms with Gasteiger partial charge < -0.3 is 9.64 Å². The van der Waals surface area contributed by atoms with Gasteiger partial charge in [0.1, 0.15) is 11.9 Å². The zero-order valence-corrected chi connectivity index (χ0v) is 14.4. The molecule has 6 heteroatoms. The molecule has 0 spiro atoms. The minimum Gasteiger partial charge on any atom is -0.489 e. The molecule has 1 aliphatic heterocycles. The number of carbonyl (C=O) groups is 1. The molecule has 4 rings (SSSR count). The van der Waals surface area contributed by atoms with Gasteiger partial charge in [-0.2, -0.15) is 10.4 Å². The molecule has 0 saturated carbocycles. The smallest absolute Gasteiger partial charge is 0.275 e. The maximum absolute atomic E-state index is 12.9. The summed E-state index contributed by atoms with van der Waals surface area (Å²) in [6.45, 7) is 1.18. The molecule has 0 bridgehead atoms. The van der Waals surface area contributed by atoms with E-state index in [1.54, 1.807) is 33.8 Å². The van der Waals surface area contributed by atoms with Crippen molar-refractivity contribution < 1.29 is 9.53 Å². The summed E-state index contributed by atoms with van der Waals surface area (Å²) in [6.07, 6.45) is 0.720. The summed E-state index contributed by atoms with van der Waals surface area (Å²) >= 11 is 0. The van der Waals surface area contributed by atoms with Crippen LogP contribution in [0.15, 0.2) is 48.5 Å². The SMILES string of the molecule is Cn1nc(C(=O)N2CC[C@H](Oc3ccc(C#N)cc3)C2)c2ccccc21. The highest BCUT2D eigenvalue weighted by molar-refractivity contribution is 6.04. The summed E-state index contributed by atoms with van der Waals surface area (Å²) in [5.41, 5.74) is 2.03. The van der Waals surface area contributed by atoms with E-state index >= 15 is 0 Å². The Labute approximate surface area is 151 Å². The van der Waals surface area contributed by atoms with Crippen molar-refractivity contribution in [2.75, 3.05) is 13.1 Å². The molecular weight excluding hydrogens is 328 g/mol. The molecule has 1 saturated heterocycles. The van der Waals surface area contributed by atoms with Crippen molar-refractivity contribution in [3.05, 3.63) is 59.8 Å². The lowest BCUT2D eigenvalue weighted by Crippen LogP contribution is -2.31. The molecule has 0 unspecified atom stereocenters. The third-order valence-electron chi connectivity index (χ3n) is 4.68. The largest absolute Gasteiger partial charge is 0.489 e. The van der Waals surface area contributed by atoms with Gasteiger partial charge in [0.05, 0.1) is 23.7 Å². The maximum Gasteiger partial charge on any atom is 0.275 e. The standard InChI is InChI=1S/C20H18N4O2/c1-23-18-5-3-2-4-17(18)19(22-23)20(25)24-11-10-16(13-24)26-15-8-6-14(12-21)7-9-15/h2-9,16H,10-11,13H2,1H3/t16-/m0/s1. The van der Waals surface area contributed by atoms with E-state index in [9.17, 15) is 4.79 Å². The van der Waals surface area contributed by atoms with Crippen LogP contribution in [0.2, 0.25) is 0 Å². The van der Waals surface area contributed by atoms with Crippen LogP contribution in [0.5, 0.6) is 5.75 Å². The van der Waals surface area contributed by atoms with Crippen molar-refractivity contribution in [2.45, 2.75) is 12.5 Å². The molecule has 1 aliphatic rings. The molecule has 0 N–H and O–H groups in total. The molecule has 2 heterocycles. The Hall–Kier alpha value is -3.33. The number of likely N-dealkylation sites (tertiary alicyclic amines) is 1. The number of fused-ring (bicyclic) bond motifs is 1. The van der Waals surface area contributed by atoms with Gasteiger partial charge in [0.2, 0.25) is 0 Å². The number of hydrogen-bond donors (Lipinski definition) is 0. The predicted octanol–water partition coefficient (Wildman–Crippen LogP) is 2.74. The summed E-state index contributed by atoms with van der Waals surface area (Å²) in [4.78, 5) is 14.7. The third-order valence-corrected chi connectivity index (χ3v) is 4.68. The summed E-state index contributed by atoms with van der Waals surface area (Å²) in [7, 11) is 1.85. The van der Waals surface area contributed by atoms with Gasteiger partial charge in [-0.3, -0.25) is 9.48 Å². The number of aromatic nitrogens is 2. The van der Waals surface area contributed by atoms with Crippen molar-refractivity contribution in [3.8, 4) is 11.8 Å². The molecule has 1 atom stereocenters. The lowest BCUT2D eigenvalue weighted by molar-refractivity contribution is 0.0767. The Morgan fingerprint density at radius 3 is 2.77 bits per heavy atom. The molecule has 1 amide bonds. The minimum absolute atomic E-state index is 0.0538. The van der Waals surface area contributed by atoms with Crippen molar-refractivity contribution >= 4 is 16.8 Å². The minimum atomic E-state index is -0.0623. The molecule has 1 fully saturated rings. The highest BCUT2D eigenvalue weighted by atomic mass is 16.5. The lowest BCUT2D eigenvalue weighted by atomic mass is 10.2. The number of ether oxygens (including phenoxy) is 1. The topological polar surface area (TPSA) is 71.2 Å². The van der Waals surface area contributed by atoms with Crippen molar-refractivity contribution in [3.63, 3.8) is 0 Å². The van der Waals surface area contributed by atoms with Crippen molar-refractivity contribution in [1.29, 1.82) is 5.26 Å². The number of aryl methyl sites for hydroxylation is 1. The van der Waals surface area contributed by atoms with E-state index in [-0.39, 0.29) is 12.0 Å². The number of hydrogen-bond acceptors (Lipinski definition) is 4. The number of nitriles is 1. The number of rotatable bonds is 3. The van der Waals surface area contributed by atoms with Crippen molar-refractivity contribution in [2.24, 2.45) is 7.05 Å². The van der Waals surface area contributed by atoms with Crippen LogP contribution in [0.4, 0.5) is 0 Å².